The molecule has 2 aliphatic heterocycles. The van der Waals surface area contributed by atoms with Crippen LogP contribution in [0.2, 0.25) is 0 Å². The molecule has 1 unspecified atom stereocenters. The van der Waals surface area contributed by atoms with Crippen molar-refractivity contribution in [1.82, 2.24) is 0 Å². The maximum Gasteiger partial charge on any atom is 0.315 e. The zero-order valence-corrected chi connectivity index (χ0v) is 17.5. The van der Waals surface area contributed by atoms with Crippen LogP contribution in [-0.4, -0.2) is 36.8 Å². The largest absolute Gasteiger partial charge is 0.462 e. The molecule has 0 radical (unpaired) electrons. The Bertz CT molecular complexity index is 831. The average Bonchev–Trinajstić information content (AvgIpc) is 3.31. The van der Waals surface area contributed by atoms with E-state index in [1.807, 2.05) is 23.8 Å². The van der Waals surface area contributed by atoms with Crippen molar-refractivity contribution >= 4 is 28.8 Å². The molecule has 1 fully saturated rings. The molecule has 1 aromatic heterocycles. The standard InChI is InChI=1S/C22H27NO4S/c1-13-18(21(25)27-11-15-5-4-7-26-15)19(14-6-8-28-12-14)20-16(23-13)9-22(2,3)10-17(20)24/h6,8,12,15,18-19H,4-5,7,9-11H2,1-3H3/t15-,18?,19+/m1/s1. The van der Waals surface area contributed by atoms with Gasteiger partial charge in [-0.3, -0.25) is 14.6 Å². The third-order valence-electron chi connectivity index (χ3n) is 5.89. The lowest BCUT2D eigenvalue weighted by molar-refractivity contribution is -0.149. The summed E-state index contributed by atoms with van der Waals surface area (Å²) in [6.07, 6.45) is 3.14. The maximum absolute atomic E-state index is 13.1. The second-order valence-corrected chi connectivity index (χ2v) is 9.61. The molecule has 3 heterocycles. The number of Topliss-reactive ketones (excluding diaryl/α,β-unsaturated/α-hetero) is 1. The van der Waals surface area contributed by atoms with Gasteiger partial charge in [0.1, 0.15) is 12.5 Å². The minimum Gasteiger partial charge on any atom is -0.462 e. The number of ketones is 1. The minimum absolute atomic E-state index is 0.0173. The van der Waals surface area contributed by atoms with Gasteiger partial charge in [0.05, 0.1) is 6.10 Å². The van der Waals surface area contributed by atoms with Crippen molar-refractivity contribution in [3.63, 3.8) is 0 Å². The Kier molecular flexibility index (Phi) is 5.27. The van der Waals surface area contributed by atoms with Gasteiger partial charge in [0, 0.05) is 35.9 Å². The summed E-state index contributed by atoms with van der Waals surface area (Å²) in [6, 6.07) is 2.01. The van der Waals surface area contributed by atoms with Crippen LogP contribution >= 0.6 is 11.3 Å². The van der Waals surface area contributed by atoms with Gasteiger partial charge in [-0.25, -0.2) is 0 Å². The lowest BCUT2D eigenvalue weighted by atomic mass is 9.67. The van der Waals surface area contributed by atoms with Gasteiger partial charge in [-0.05, 0) is 54.0 Å². The van der Waals surface area contributed by atoms with Gasteiger partial charge < -0.3 is 9.47 Å². The quantitative estimate of drug-likeness (QED) is 0.706. The molecule has 1 saturated heterocycles. The van der Waals surface area contributed by atoms with E-state index >= 15 is 0 Å². The summed E-state index contributed by atoms with van der Waals surface area (Å²) in [7, 11) is 0. The summed E-state index contributed by atoms with van der Waals surface area (Å²) >= 11 is 1.58. The molecule has 1 aliphatic carbocycles. The van der Waals surface area contributed by atoms with Crippen LogP contribution < -0.4 is 0 Å². The van der Waals surface area contributed by atoms with E-state index in [4.69, 9.17) is 14.5 Å². The summed E-state index contributed by atoms with van der Waals surface area (Å²) in [4.78, 5) is 30.9. The van der Waals surface area contributed by atoms with Crippen molar-refractivity contribution in [2.75, 3.05) is 13.2 Å². The number of hydrogen-bond donors (Lipinski definition) is 0. The lowest BCUT2D eigenvalue weighted by Crippen LogP contribution is -2.40. The molecule has 6 heteroatoms. The molecule has 0 spiro atoms. The predicted molar refractivity (Wildman–Crippen MR) is 109 cm³/mol. The van der Waals surface area contributed by atoms with Crippen LogP contribution in [0.25, 0.3) is 0 Å². The average molecular weight is 402 g/mol. The van der Waals surface area contributed by atoms with Crippen LogP contribution in [0.1, 0.15) is 57.9 Å². The Morgan fingerprint density at radius 3 is 2.89 bits per heavy atom. The first-order valence-electron chi connectivity index (χ1n) is 9.97. The molecule has 0 N–H and O–H groups in total. The topological polar surface area (TPSA) is 65.0 Å². The van der Waals surface area contributed by atoms with Crippen LogP contribution in [-0.2, 0) is 19.1 Å². The van der Waals surface area contributed by atoms with Gasteiger partial charge in [-0.15, -0.1) is 0 Å². The highest BCUT2D eigenvalue weighted by Crippen LogP contribution is 2.48. The van der Waals surface area contributed by atoms with Crippen molar-refractivity contribution in [1.29, 1.82) is 0 Å². The molecule has 150 valence electrons. The fourth-order valence-corrected chi connectivity index (χ4v) is 5.30. The second-order valence-electron chi connectivity index (χ2n) is 8.83. The van der Waals surface area contributed by atoms with E-state index in [1.165, 1.54) is 0 Å². The maximum atomic E-state index is 13.1. The van der Waals surface area contributed by atoms with Gasteiger partial charge >= 0.3 is 5.97 Å². The Balaban J connectivity index is 1.66. The number of thiophene rings is 1. The van der Waals surface area contributed by atoms with Crippen LogP contribution in [0.4, 0.5) is 0 Å². The van der Waals surface area contributed by atoms with Crippen molar-refractivity contribution in [2.45, 2.75) is 58.5 Å². The smallest absolute Gasteiger partial charge is 0.315 e. The molecule has 4 rings (SSSR count). The van der Waals surface area contributed by atoms with E-state index < -0.39 is 5.92 Å². The molecule has 0 saturated carbocycles. The highest BCUT2D eigenvalue weighted by Gasteiger charge is 2.46. The fraction of sp³-hybridized carbons (Fsp3) is 0.591. The first kappa shape index (κ1) is 19.5. The van der Waals surface area contributed by atoms with E-state index in [0.29, 0.717) is 12.0 Å². The number of hydrogen-bond acceptors (Lipinski definition) is 6. The Hall–Kier alpha value is -1.79. The van der Waals surface area contributed by atoms with E-state index in [9.17, 15) is 9.59 Å². The van der Waals surface area contributed by atoms with Gasteiger partial charge in [-0.1, -0.05) is 13.8 Å². The zero-order chi connectivity index (χ0) is 19.9. The third kappa shape index (κ3) is 3.72. The van der Waals surface area contributed by atoms with Crippen molar-refractivity contribution in [2.24, 2.45) is 16.3 Å². The fourth-order valence-electron chi connectivity index (χ4n) is 4.60. The Labute approximate surface area is 169 Å². The Morgan fingerprint density at radius 1 is 1.39 bits per heavy atom. The summed E-state index contributed by atoms with van der Waals surface area (Å²) < 4.78 is 11.2. The molecule has 5 nitrogen and oxygen atoms in total. The zero-order valence-electron chi connectivity index (χ0n) is 16.7. The lowest BCUT2D eigenvalue weighted by Gasteiger charge is -2.38. The number of rotatable bonds is 4. The highest BCUT2D eigenvalue weighted by molar-refractivity contribution is 7.08. The molecule has 1 aromatic rings. The summed E-state index contributed by atoms with van der Waals surface area (Å²) in [5.74, 6) is -1.06. The summed E-state index contributed by atoms with van der Waals surface area (Å²) in [5.41, 5.74) is 3.18. The molecule has 3 aliphatic rings. The molecule has 0 aromatic carbocycles. The number of carbonyl (C=O) groups excluding carboxylic acids is 2. The van der Waals surface area contributed by atoms with Gasteiger partial charge in [0.25, 0.3) is 0 Å². The van der Waals surface area contributed by atoms with Crippen molar-refractivity contribution in [3.05, 3.63) is 33.7 Å². The molecule has 3 atom stereocenters. The van der Waals surface area contributed by atoms with Gasteiger partial charge in [0.15, 0.2) is 5.78 Å². The third-order valence-corrected chi connectivity index (χ3v) is 6.60. The monoisotopic (exact) mass is 401 g/mol. The molecule has 28 heavy (non-hydrogen) atoms. The summed E-state index contributed by atoms with van der Waals surface area (Å²) in [6.45, 7) is 7.07. The van der Waals surface area contributed by atoms with E-state index in [2.05, 4.69) is 13.8 Å². The SMILES string of the molecule is CC1=NC2=C(C(=O)CC(C)(C)C2)[C@@H](c2ccsc2)C1C(=O)OC[C@H]1CCCO1. The van der Waals surface area contributed by atoms with E-state index in [1.54, 1.807) is 11.3 Å². The number of carbonyl (C=O) groups is 2. The van der Waals surface area contributed by atoms with Crippen LogP contribution in [0, 0.1) is 11.3 Å². The number of ether oxygens (including phenoxy) is 2. The number of aliphatic imine (C=N–C) groups is 1. The molecule has 0 bridgehead atoms. The van der Waals surface area contributed by atoms with Crippen LogP contribution in [0.3, 0.4) is 0 Å². The molecule has 0 amide bonds. The molecular weight excluding hydrogens is 374 g/mol. The number of allylic oxidation sites excluding steroid dienone is 2. The highest BCUT2D eigenvalue weighted by atomic mass is 32.1. The van der Waals surface area contributed by atoms with Crippen LogP contribution in [0.5, 0.6) is 0 Å². The number of esters is 1. The van der Waals surface area contributed by atoms with Crippen LogP contribution in [0.15, 0.2) is 33.1 Å². The van der Waals surface area contributed by atoms with Gasteiger partial charge in [-0.2, -0.15) is 11.3 Å². The molecular formula is C22H27NO4S. The first-order chi connectivity index (χ1) is 13.4. The normalized spacial score (nSPS) is 29.5. The summed E-state index contributed by atoms with van der Waals surface area (Å²) in [5, 5.41) is 4.02. The van der Waals surface area contributed by atoms with E-state index in [0.717, 1.165) is 42.8 Å². The van der Waals surface area contributed by atoms with Crippen molar-refractivity contribution < 1.29 is 19.1 Å². The van der Waals surface area contributed by atoms with Crippen molar-refractivity contribution in [3.8, 4) is 0 Å². The number of nitrogens with zero attached hydrogens (tertiary/aromatic N) is 1. The first-order valence-corrected chi connectivity index (χ1v) is 10.9. The Morgan fingerprint density at radius 2 is 2.21 bits per heavy atom. The predicted octanol–water partition coefficient (Wildman–Crippen LogP) is 4.29. The second kappa shape index (κ2) is 7.56. The van der Waals surface area contributed by atoms with Gasteiger partial charge in [0.2, 0.25) is 0 Å². The minimum atomic E-state index is -0.556. The van der Waals surface area contributed by atoms with E-state index in [-0.39, 0.29) is 35.8 Å².